The maximum absolute atomic E-state index is 5.63. The quantitative estimate of drug-likeness (QED) is 0.675. The number of rotatable bonds is 8. The number of likely N-dealkylation sites (tertiary alicyclic amines) is 1. The van der Waals surface area contributed by atoms with Gasteiger partial charge in [0.1, 0.15) is 0 Å². The fourth-order valence-corrected chi connectivity index (χ4v) is 2.88. The first-order chi connectivity index (χ1) is 8.70. The van der Waals surface area contributed by atoms with Gasteiger partial charge >= 0.3 is 0 Å². The third-order valence-electron chi connectivity index (χ3n) is 4.45. The van der Waals surface area contributed by atoms with Crippen LogP contribution in [-0.4, -0.2) is 50.3 Å². The van der Waals surface area contributed by atoms with Gasteiger partial charge in [0, 0.05) is 31.8 Å². The maximum atomic E-state index is 5.63. The highest BCUT2D eigenvalue weighted by Crippen LogP contribution is 2.23. The maximum Gasteiger partial charge on any atom is 0.0478 e. The van der Waals surface area contributed by atoms with Gasteiger partial charge in [-0.2, -0.15) is 0 Å². The van der Waals surface area contributed by atoms with Crippen LogP contribution in [0.25, 0.3) is 0 Å². The second-order valence-electron chi connectivity index (χ2n) is 5.64. The van der Waals surface area contributed by atoms with Gasteiger partial charge in [-0.1, -0.05) is 20.3 Å². The Hall–Kier alpha value is -0.120. The molecule has 3 atom stereocenters. The molecule has 3 nitrogen and oxygen atoms in total. The molecule has 0 saturated carbocycles. The second-order valence-corrected chi connectivity index (χ2v) is 5.64. The zero-order valence-corrected chi connectivity index (χ0v) is 12.7. The Bertz CT molecular complexity index is 211. The van der Waals surface area contributed by atoms with E-state index in [9.17, 15) is 0 Å². The van der Waals surface area contributed by atoms with E-state index >= 15 is 0 Å². The molecule has 1 N–H and O–H groups in total. The third kappa shape index (κ3) is 4.87. The molecule has 0 aromatic heterocycles. The molecule has 1 aliphatic heterocycles. The van der Waals surface area contributed by atoms with Crippen molar-refractivity contribution in [3.05, 3.63) is 0 Å². The lowest BCUT2D eigenvalue weighted by Gasteiger charge is -2.42. The lowest BCUT2D eigenvalue weighted by molar-refractivity contribution is 0.0683. The van der Waals surface area contributed by atoms with E-state index in [0.29, 0.717) is 12.1 Å². The lowest BCUT2D eigenvalue weighted by atomic mass is 9.87. The molecule has 3 unspecified atom stereocenters. The first kappa shape index (κ1) is 15.9. The summed E-state index contributed by atoms with van der Waals surface area (Å²) in [5.41, 5.74) is 0. The number of ether oxygens (including phenoxy) is 1. The zero-order chi connectivity index (χ0) is 13.4. The van der Waals surface area contributed by atoms with E-state index in [1.807, 2.05) is 0 Å². The normalized spacial score (nSPS) is 29.7. The van der Waals surface area contributed by atoms with Gasteiger partial charge in [0.2, 0.25) is 0 Å². The Morgan fingerprint density at radius 2 is 1.94 bits per heavy atom. The van der Waals surface area contributed by atoms with Crippen LogP contribution < -0.4 is 5.32 Å². The average molecular weight is 256 g/mol. The predicted molar refractivity (Wildman–Crippen MR) is 78.0 cm³/mol. The summed E-state index contributed by atoms with van der Waals surface area (Å²) >= 11 is 0. The second kappa shape index (κ2) is 8.89. The minimum Gasteiger partial charge on any atom is -0.381 e. The van der Waals surface area contributed by atoms with Crippen LogP contribution in [-0.2, 0) is 4.74 Å². The van der Waals surface area contributed by atoms with Crippen molar-refractivity contribution in [2.24, 2.45) is 5.92 Å². The van der Waals surface area contributed by atoms with Crippen LogP contribution in [0.4, 0.5) is 0 Å². The fraction of sp³-hybridized carbons (Fsp3) is 1.00. The predicted octanol–water partition coefficient (Wildman–Crippen LogP) is 2.51. The van der Waals surface area contributed by atoms with Crippen molar-refractivity contribution in [2.75, 3.05) is 33.4 Å². The van der Waals surface area contributed by atoms with Gasteiger partial charge in [-0.05, 0) is 45.7 Å². The Balaban J connectivity index is 2.15. The van der Waals surface area contributed by atoms with Gasteiger partial charge < -0.3 is 15.0 Å². The summed E-state index contributed by atoms with van der Waals surface area (Å²) in [6, 6.07) is 1.38. The van der Waals surface area contributed by atoms with Crippen molar-refractivity contribution in [1.29, 1.82) is 0 Å². The van der Waals surface area contributed by atoms with Gasteiger partial charge in [-0.3, -0.25) is 0 Å². The topological polar surface area (TPSA) is 24.5 Å². The number of nitrogens with one attached hydrogen (secondary N) is 1. The minimum atomic E-state index is 0.687. The molecule has 1 aliphatic rings. The molecule has 0 aromatic rings. The molecule has 0 bridgehead atoms. The zero-order valence-electron chi connectivity index (χ0n) is 12.7. The molecule has 1 rings (SSSR count). The monoisotopic (exact) mass is 256 g/mol. The van der Waals surface area contributed by atoms with E-state index in [1.165, 1.54) is 38.8 Å². The molecule has 0 radical (unpaired) electrons. The smallest absolute Gasteiger partial charge is 0.0478 e. The van der Waals surface area contributed by atoms with Crippen LogP contribution in [0.15, 0.2) is 0 Å². The summed E-state index contributed by atoms with van der Waals surface area (Å²) in [5.74, 6) is 0.741. The Labute approximate surface area is 113 Å². The molecule has 1 fully saturated rings. The van der Waals surface area contributed by atoms with Crippen molar-refractivity contribution >= 4 is 0 Å². The fourth-order valence-electron chi connectivity index (χ4n) is 2.88. The largest absolute Gasteiger partial charge is 0.381 e. The molecule has 1 heterocycles. The molecular formula is C15H32N2O. The van der Waals surface area contributed by atoms with Crippen LogP contribution in [0.3, 0.4) is 0 Å². The third-order valence-corrected chi connectivity index (χ3v) is 4.45. The van der Waals surface area contributed by atoms with Gasteiger partial charge in [0.25, 0.3) is 0 Å². The van der Waals surface area contributed by atoms with Gasteiger partial charge in [0.05, 0.1) is 0 Å². The number of hydrogen-bond donors (Lipinski definition) is 1. The van der Waals surface area contributed by atoms with Crippen molar-refractivity contribution in [1.82, 2.24) is 10.2 Å². The Morgan fingerprint density at radius 3 is 2.61 bits per heavy atom. The summed E-state index contributed by atoms with van der Waals surface area (Å²) in [6.07, 6.45) is 4.87. The molecule has 1 saturated heterocycles. The Kier molecular flexibility index (Phi) is 7.87. The summed E-state index contributed by atoms with van der Waals surface area (Å²) in [6.45, 7) is 11.2. The number of hydrogen-bond acceptors (Lipinski definition) is 3. The summed E-state index contributed by atoms with van der Waals surface area (Å²) in [5, 5.41) is 3.44. The van der Waals surface area contributed by atoms with E-state index in [4.69, 9.17) is 4.74 Å². The van der Waals surface area contributed by atoms with Crippen molar-refractivity contribution < 1.29 is 4.74 Å². The van der Waals surface area contributed by atoms with E-state index < -0.39 is 0 Å². The van der Waals surface area contributed by atoms with Gasteiger partial charge in [-0.25, -0.2) is 0 Å². The molecule has 0 amide bonds. The molecule has 108 valence electrons. The molecule has 18 heavy (non-hydrogen) atoms. The van der Waals surface area contributed by atoms with Crippen LogP contribution in [0.1, 0.15) is 46.5 Å². The first-order valence-corrected chi connectivity index (χ1v) is 7.69. The Morgan fingerprint density at radius 1 is 1.22 bits per heavy atom. The van der Waals surface area contributed by atoms with Crippen molar-refractivity contribution in [3.8, 4) is 0 Å². The standard InChI is InChI=1S/C15H32N2O/c1-5-6-11-18-12-7-9-17-10-8-15(16-4)13(2)14(17)3/h13-16H,5-12H2,1-4H3. The number of unbranched alkanes of at least 4 members (excludes halogenated alkanes) is 1. The first-order valence-electron chi connectivity index (χ1n) is 7.69. The summed E-state index contributed by atoms with van der Waals surface area (Å²) < 4.78 is 5.63. The molecule has 0 aliphatic carbocycles. The van der Waals surface area contributed by atoms with Crippen LogP contribution >= 0.6 is 0 Å². The number of piperidine rings is 1. The van der Waals surface area contributed by atoms with E-state index in [-0.39, 0.29) is 0 Å². The minimum absolute atomic E-state index is 0.687. The van der Waals surface area contributed by atoms with Crippen molar-refractivity contribution in [3.63, 3.8) is 0 Å². The highest BCUT2D eigenvalue weighted by molar-refractivity contribution is 4.87. The van der Waals surface area contributed by atoms with Crippen LogP contribution in [0.2, 0.25) is 0 Å². The highest BCUT2D eigenvalue weighted by atomic mass is 16.5. The van der Waals surface area contributed by atoms with Crippen LogP contribution in [0, 0.1) is 5.92 Å². The molecule has 3 heteroatoms. The molecule has 0 aromatic carbocycles. The average Bonchev–Trinajstić information content (AvgIpc) is 2.38. The summed E-state index contributed by atoms with van der Waals surface area (Å²) in [7, 11) is 2.09. The molecule has 0 spiro atoms. The van der Waals surface area contributed by atoms with Crippen molar-refractivity contribution in [2.45, 2.75) is 58.5 Å². The summed E-state index contributed by atoms with van der Waals surface area (Å²) in [4.78, 5) is 2.63. The SMILES string of the molecule is CCCCOCCCN1CCC(NC)C(C)C1C. The van der Waals surface area contributed by atoms with Crippen LogP contribution in [0.5, 0.6) is 0 Å². The molecular weight excluding hydrogens is 224 g/mol. The van der Waals surface area contributed by atoms with E-state index in [1.54, 1.807) is 0 Å². The lowest BCUT2D eigenvalue weighted by Crippen LogP contribution is -2.52. The van der Waals surface area contributed by atoms with E-state index in [2.05, 4.69) is 38.0 Å². The van der Waals surface area contributed by atoms with E-state index in [0.717, 1.165) is 19.1 Å². The highest BCUT2D eigenvalue weighted by Gasteiger charge is 2.30. The van der Waals surface area contributed by atoms with Gasteiger partial charge in [-0.15, -0.1) is 0 Å². The number of nitrogens with zero attached hydrogens (tertiary/aromatic N) is 1. The van der Waals surface area contributed by atoms with Gasteiger partial charge in [0.15, 0.2) is 0 Å².